The van der Waals surface area contributed by atoms with Crippen molar-refractivity contribution in [1.29, 1.82) is 0 Å². The molecule has 0 fully saturated rings. The predicted molar refractivity (Wildman–Crippen MR) is 54.9 cm³/mol. The van der Waals surface area contributed by atoms with Crippen molar-refractivity contribution >= 4 is 11.6 Å². The number of ether oxygens (including phenoxy) is 1. The number of hydrogen-bond donors (Lipinski definition) is 1. The molecule has 13 heavy (non-hydrogen) atoms. The van der Waals surface area contributed by atoms with Crippen molar-refractivity contribution in [2.24, 2.45) is 5.73 Å². The van der Waals surface area contributed by atoms with Gasteiger partial charge in [-0.15, -0.1) is 0 Å². The molecule has 0 aromatic heterocycles. The van der Waals surface area contributed by atoms with Gasteiger partial charge in [-0.2, -0.15) is 0 Å². The number of halogens is 1. The summed E-state index contributed by atoms with van der Waals surface area (Å²) in [6.45, 7) is 0.626. The third-order valence-electron chi connectivity index (χ3n) is 1.96. The van der Waals surface area contributed by atoms with Crippen LogP contribution in [0.4, 0.5) is 0 Å². The van der Waals surface area contributed by atoms with E-state index in [9.17, 15) is 0 Å². The molecule has 0 heterocycles. The zero-order chi connectivity index (χ0) is 9.68. The van der Waals surface area contributed by atoms with E-state index in [4.69, 9.17) is 22.1 Å². The van der Waals surface area contributed by atoms with E-state index in [1.807, 2.05) is 24.3 Å². The van der Waals surface area contributed by atoms with Crippen LogP contribution in [0.25, 0.3) is 0 Å². The van der Waals surface area contributed by atoms with Crippen LogP contribution in [0, 0.1) is 0 Å². The van der Waals surface area contributed by atoms with Gasteiger partial charge in [0.1, 0.15) is 0 Å². The van der Waals surface area contributed by atoms with Crippen molar-refractivity contribution in [2.45, 2.75) is 12.5 Å². The summed E-state index contributed by atoms with van der Waals surface area (Å²) in [5, 5.41) is 0.742. The van der Waals surface area contributed by atoms with Crippen molar-refractivity contribution in [3.8, 4) is 0 Å². The number of methoxy groups -OCH3 is 1. The van der Waals surface area contributed by atoms with Crippen LogP contribution in [-0.4, -0.2) is 13.7 Å². The Kier molecular flexibility index (Phi) is 4.22. The lowest BCUT2D eigenvalue weighted by atomic mass is 10.1. The van der Waals surface area contributed by atoms with Gasteiger partial charge in [0.15, 0.2) is 0 Å². The molecule has 0 aliphatic carbocycles. The normalized spacial score (nSPS) is 12.8. The Morgan fingerprint density at radius 1 is 1.38 bits per heavy atom. The first-order chi connectivity index (χ1) is 6.27. The van der Waals surface area contributed by atoms with Gasteiger partial charge in [-0.1, -0.05) is 23.7 Å². The minimum Gasteiger partial charge on any atom is -0.377 e. The summed E-state index contributed by atoms with van der Waals surface area (Å²) in [5.74, 6) is 0. The van der Waals surface area contributed by atoms with Crippen LogP contribution in [0.2, 0.25) is 5.02 Å². The highest BCUT2D eigenvalue weighted by atomic mass is 35.5. The first-order valence-electron chi connectivity index (χ1n) is 4.26. The van der Waals surface area contributed by atoms with Gasteiger partial charge in [0.05, 0.1) is 6.10 Å². The van der Waals surface area contributed by atoms with Gasteiger partial charge in [0, 0.05) is 12.1 Å². The molecule has 0 radical (unpaired) electrons. The second-order valence-corrected chi connectivity index (χ2v) is 3.29. The van der Waals surface area contributed by atoms with E-state index in [1.54, 1.807) is 7.11 Å². The fraction of sp³-hybridized carbons (Fsp3) is 0.400. The Balaban J connectivity index is 2.73. The lowest BCUT2D eigenvalue weighted by Gasteiger charge is -2.14. The topological polar surface area (TPSA) is 35.2 Å². The molecule has 0 bridgehead atoms. The van der Waals surface area contributed by atoms with Gasteiger partial charge >= 0.3 is 0 Å². The van der Waals surface area contributed by atoms with E-state index in [0.717, 1.165) is 17.0 Å². The van der Waals surface area contributed by atoms with Crippen molar-refractivity contribution in [3.05, 3.63) is 34.9 Å². The molecule has 1 rings (SSSR count). The zero-order valence-corrected chi connectivity index (χ0v) is 8.42. The van der Waals surface area contributed by atoms with Crippen LogP contribution in [0.1, 0.15) is 18.1 Å². The van der Waals surface area contributed by atoms with E-state index in [-0.39, 0.29) is 6.10 Å². The third kappa shape index (κ3) is 2.99. The molecule has 3 heteroatoms. The van der Waals surface area contributed by atoms with E-state index >= 15 is 0 Å². The van der Waals surface area contributed by atoms with Crippen LogP contribution in [0.5, 0.6) is 0 Å². The maximum Gasteiger partial charge on any atom is 0.0833 e. The smallest absolute Gasteiger partial charge is 0.0833 e. The monoisotopic (exact) mass is 199 g/mol. The van der Waals surface area contributed by atoms with Crippen molar-refractivity contribution in [1.82, 2.24) is 0 Å². The molecule has 0 amide bonds. The molecule has 2 nitrogen and oxygen atoms in total. The zero-order valence-electron chi connectivity index (χ0n) is 7.66. The average molecular weight is 200 g/mol. The van der Waals surface area contributed by atoms with Gasteiger partial charge in [-0.05, 0) is 30.7 Å². The highest BCUT2D eigenvalue weighted by Gasteiger charge is 2.08. The third-order valence-corrected chi connectivity index (χ3v) is 2.21. The Labute approximate surface area is 83.6 Å². The summed E-state index contributed by atoms with van der Waals surface area (Å²) in [6, 6.07) is 7.65. The molecule has 72 valence electrons. The summed E-state index contributed by atoms with van der Waals surface area (Å²) < 4.78 is 5.29. The number of benzene rings is 1. The maximum absolute atomic E-state index is 5.77. The Bertz CT molecular complexity index is 248. The van der Waals surface area contributed by atoms with Gasteiger partial charge in [0.25, 0.3) is 0 Å². The van der Waals surface area contributed by atoms with Gasteiger partial charge in [0.2, 0.25) is 0 Å². The minimum absolute atomic E-state index is 0.0854. The standard InChI is InChI=1S/C10H14ClNO/c1-13-10(6-7-12)8-2-4-9(11)5-3-8/h2-5,10H,6-7,12H2,1H3. The highest BCUT2D eigenvalue weighted by molar-refractivity contribution is 6.30. The van der Waals surface area contributed by atoms with Crippen LogP contribution in [0.3, 0.4) is 0 Å². The summed E-state index contributed by atoms with van der Waals surface area (Å²) >= 11 is 5.77. The molecule has 0 saturated carbocycles. The first-order valence-corrected chi connectivity index (χ1v) is 4.64. The number of hydrogen-bond acceptors (Lipinski definition) is 2. The lowest BCUT2D eigenvalue weighted by molar-refractivity contribution is 0.0978. The van der Waals surface area contributed by atoms with Gasteiger partial charge in [-0.3, -0.25) is 0 Å². The molecular weight excluding hydrogens is 186 g/mol. The largest absolute Gasteiger partial charge is 0.377 e. The number of nitrogens with two attached hydrogens (primary N) is 1. The first kappa shape index (κ1) is 10.5. The molecule has 1 atom stereocenters. The van der Waals surface area contributed by atoms with E-state index in [1.165, 1.54) is 0 Å². The van der Waals surface area contributed by atoms with Crippen molar-refractivity contribution < 1.29 is 4.74 Å². The van der Waals surface area contributed by atoms with Crippen LogP contribution in [0.15, 0.2) is 24.3 Å². The summed E-state index contributed by atoms with van der Waals surface area (Å²) in [7, 11) is 1.69. The lowest BCUT2D eigenvalue weighted by Crippen LogP contribution is -2.08. The minimum atomic E-state index is 0.0854. The predicted octanol–water partition coefficient (Wildman–Crippen LogP) is 2.38. The molecule has 0 aliphatic heterocycles. The molecule has 2 N–H and O–H groups in total. The molecule has 0 saturated heterocycles. The Hall–Kier alpha value is -0.570. The second kappa shape index (κ2) is 5.22. The Morgan fingerprint density at radius 2 is 2.00 bits per heavy atom. The summed E-state index contributed by atoms with van der Waals surface area (Å²) in [5.41, 5.74) is 6.59. The van der Waals surface area contributed by atoms with Crippen molar-refractivity contribution in [2.75, 3.05) is 13.7 Å². The molecule has 0 aliphatic rings. The SMILES string of the molecule is COC(CCN)c1ccc(Cl)cc1. The van der Waals surface area contributed by atoms with Gasteiger partial charge in [-0.25, -0.2) is 0 Å². The Morgan fingerprint density at radius 3 is 2.46 bits per heavy atom. The van der Waals surface area contributed by atoms with Crippen molar-refractivity contribution in [3.63, 3.8) is 0 Å². The van der Waals surface area contributed by atoms with Crippen LogP contribution in [-0.2, 0) is 4.74 Å². The molecule has 0 spiro atoms. The fourth-order valence-electron chi connectivity index (χ4n) is 1.25. The summed E-state index contributed by atoms with van der Waals surface area (Å²) in [6.07, 6.45) is 0.917. The van der Waals surface area contributed by atoms with E-state index in [0.29, 0.717) is 6.54 Å². The fourth-order valence-corrected chi connectivity index (χ4v) is 1.38. The molecule has 1 aromatic carbocycles. The summed E-state index contributed by atoms with van der Waals surface area (Å²) in [4.78, 5) is 0. The van der Waals surface area contributed by atoms with Crippen LogP contribution >= 0.6 is 11.6 Å². The van der Waals surface area contributed by atoms with Gasteiger partial charge < -0.3 is 10.5 Å². The average Bonchev–Trinajstić information content (AvgIpc) is 2.16. The van der Waals surface area contributed by atoms with E-state index < -0.39 is 0 Å². The quantitative estimate of drug-likeness (QED) is 0.808. The highest BCUT2D eigenvalue weighted by Crippen LogP contribution is 2.21. The van der Waals surface area contributed by atoms with Crippen LogP contribution < -0.4 is 5.73 Å². The molecule has 1 aromatic rings. The maximum atomic E-state index is 5.77. The molecule has 1 unspecified atom stereocenters. The second-order valence-electron chi connectivity index (χ2n) is 2.85. The molecular formula is C10H14ClNO. The van der Waals surface area contributed by atoms with E-state index in [2.05, 4.69) is 0 Å². The number of rotatable bonds is 4.